The van der Waals surface area contributed by atoms with E-state index >= 15 is 0 Å². The molecule has 2 fully saturated rings. The summed E-state index contributed by atoms with van der Waals surface area (Å²) in [5.41, 5.74) is 0.486. The first-order valence-electron chi connectivity index (χ1n) is 10.0. The zero-order valence-corrected chi connectivity index (χ0v) is 16.5. The molecule has 0 bridgehead atoms. The summed E-state index contributed by atoms with van der Waals surface area (Å²) < 4.78 is 11.0. The third kappa shape index (κ3) is 4.34. The van der Waals surface area contributed by atoms with Gasteiger partial charge in [-0.3, -0.25) is 9.59 Å². The van der Waals surface area contributed by atoms with E-state index in [0.717, 1.165) is 31.4 Å². The number of carbonyl (C=O) groups is 2. The number of rotatable bonds is 6. The second-order valence-electron chi connectivity index (χ2n) is 7.51. The molecule has 29 heavy (non-hydrogen) atoms. The van der Waals surface area contributed by atoms with E-state index in [0.29, 0.717) is 29.9 Å². The molecule has 1 aliphatic carbocycles. The highest BCUT2D eigenvalue weighted by molar-refractivity contribution is 5.98. The molecule has 1 aromatic heterocycles. The smallest absolute Gasteiger partial charge is 0.243 e. The normalized spacial score (nSPS) is 19.4. The lowest BCUT2D eigenvalue weighted by atomic mass is 10.1. The number of nitrogens with zero attached hydrogens (tertiary/aromatic N) is 2. The van der Waals surface area contributed by atoms with Crippen LogP contribution in [0.4, 0.5) is 5.69 Å². The van der Waals surface area contributed by atoms with Crippen molar-refractivity contribution in [2.45, 2.75) is 38.1 Å². The second kappa shape index (κ2) is 8.51. The van der Waals surface area contributed by atoms with Gasteiger partial charge in [-0.25, -0.2) is 4.98 Å². The average molecular weight is 395 g/mol. The molecule has 2 amide bonds. The van der Waals surface area contributed by atoms with Crippen molar-refractivity contribution < 1.29 is 19.1 Å². The van der Waals surface area contributed by atoms with Crippen LogP contribution in [-0.2, 0) is 9.59 Å². The monoisotopic (exact) mass is 395 g/mol. The van der Waals surface area contributed by atoms with E-state index in [9.17, 15) is 9.59 Å². The maximum Gasteiger partial charge on any atom is 0.243 e. The Balaban J connectivity index is 1.42. The maximum absolute atomic E-state index is 12.8. The molecule has 0 radical (unpaired) electrons. The second-order valence-corrected chi connectivity index (χ2v) is 7.51. The molecule has 2 aromatic rings. The largest absolute Gasteiger partial charge is 0.497 e. The standard InChI is InChI=1S/C22H25N3O4/c1-28-17-8-10-18(11-9-17)29-22-19(7-4-12-23-22)24-21(27)15-13-20(26)25(14-15)16-5-2-3-6-16/h4,7-12,15-16H,2-3,5-6,13-14H2,1H3,(H,24,27). The van der Waals surface area contributed by atoms with Crippen LogP contribution in [-0.4, -0.2) is 41.4 Å². The SMILES string of the molecule is COc1ccc(Oc2ncccc2NC(=O)C2CC(=O)N(C3CCCC3)C2)cc1. The van der Waals surface area contributed by atoms with Crippen molar-refractivity contribution in [3.63, 3.8) is 0 Å². The maximum atomic E-state index is 12.8. The fourth-order valence-corrected chi connectivity index (χ4v) is 4.03. The van der Waals surface area contributed by atoms with Crippen molar-refractivity contribution in [1.29, 1.82) is 0 Å². The summed E-state index contributed by atoms with van der Waals surface area (Å²) in [6.07, 6.45) is 6.28. The minimum absolute atomic E-state index is 0.0814. The number of nitrogens with one attached hydrogen (secondary N) is 1. The first kappa shape index (κ1) is 19.2. The molecule has 2 aliphatic rings. The summed E-state index contributed by atoms with van der Waals surface area (Å²) in [6.45, 7) is 0.490. The Bertz CT molecular complexity index is 878. The van der Waals surface area contributed by atoms with Crippen molar-refractivity contribution in [3.8, 4) is 17.4 Å². The summed E-state index contributed by atoms with van der Waals surface area (Å²) in [6, 6.07) is 10.9. The van der Waals surface area contributed by atoms with Gasteiger partial charge in [-0.15, -0.1) is 0 Å². The molecule has 7 nitrogen and oxygen atoms in total. The van der Waals surface area contributed by atoms with Crippen LogP contribution in [0, 0.1) is 5.92 Å². The topological polar surface area (TPSA) is 80.8 Å². The zero-order valence-electron chi connectivity index (χ0n) is 16.5. The van der Waals surface area contributed by atoms with Gasteiger partial charge in [0.25, 0.3) is 0 Å². The summed E-state index contributed by atoms with van der Waals surface area (Å²) in [5, 5.41) is 2.90. The Labute approximate surface area is 170 Å². The van der Waals surface area contributed by atoms with Gasteiger partial charge in [0.05, 0.1) is 13.0 Å². The number of anilines is 1. The predicted molar refractivity (Wildman–Crippen MR) is 108 cm³/mol. The summed E-state index contributed by atoms with van der Waals surface area (Å²) in [4.78, 5) is 31.3. The number of amides is 2. The molecule has 1 aliphatic heterocycles. The van der Waals surface area contributed by atoms with E-state index in [-0.39, 0.29) is 24.2 Å². The van der Waals surface area contributed by atoms with Gasteiger partial charge in [0.1, 0.15) is 17.2 Å². The van der Waals surface area contributed by atoms with Gasteiger partial charge < -0.3 is 19.7 Å². The van der Waals surface area contributed by atoms with Crippen LogP contribution in [0.1, 0.15) is 32.1 Å². The third-order valence-corrected chi connectivity index (χ3v) is 5.60. The lowest BCUT2D eigenvalue weighted by Crippen LogP contribution is -2.35. The van der Waals surface area contributed by atoms with E-state index in [2.05, 4.69) is 10.3 Å². The van der Waals surface area contributed by atoms with Crippen molar-refractivity contribution in [3.05, 3.63) is 42.6 Å². The van der Waals surface area contributed by atoms with Crippen molar-refractivity contribution >= 4 is 17.5 Å². The lowest BCUT2D eigenvalue weighted by Gasteiger charge is -2.23. The van der Waals surface area contributed by atoms with Gasteiger partial charge in [0.15, 0.2) is 0 Å². The molecule has 0 spiro atoms. The number of carbonyl (C=O) groups excluding carboxylic acids is 2. The highest BCUT2D eigenvalue weighted by Gasteiger charge is 2.38. The van der Waals surface area contributed by atoms with Crippen molar-refractivity contribution in [1.82, 2.24) is 9.88 Å². The number of methoxy groups -OCH3 is 1. The van der Waals surface area contributed by atoms with E-state index in [1.54, 1.807) is 49.7 Å². The zero-order chi connectivity index (χ0) is 20.2. The first-order chi connectivity index (χ1) is 14.1. The molecular formula is C22H25N3O4. The lowest BCUT2D eigenvalue weighted by molar-refractivity contribution is -0.129. The van der Waals surface area contributed by atoms with Gasteiger partial charge in [-0.2, -0.15) is 0 Å². The molecule has 1 atom stereocenters. The number of hydrogen-bond acceptors (Lipinski definition) is 5. The van der Waals surface area contributed by atoms with Gasteiger partial charge in [0.2, 0.25) is 17.7 Å². The van der Waals surface area contributed by atoms with Gasteiger partial charge in [-0.05, 0) is 49.2 Å². The summed E-state index contributed by atoms with van der Waals surface area (Å²) in [5.74, 6) is 1.18. The Hall–Kier alpha value is -3.09. The quantitative estimate of drug-likeness (QED) is 0.808. The minimum atomic E-state index is -0.350. The Morgan fingerprint density at radius 1 is 1.14 bits per heavy atom. The molecule has 1 saturated heterocycles. The Morgan fingerprint density at radius 3 is 2.59 bits per heavy atom. The van der Waals surface area contributed by atoms with E-state index in [1.165, 1.54) is 0 Å². The van der Waals surface area contributed by atoms with Crippen LogP contribution in [0.15, 0.2) is 42.6 Å². The number of likely N-dealkylation sites (tertiary alicyclic amines) is 1. The van der Waals surface area contributed by atoms with Crippen LogP contribution in [0.5, 0.6) is 17.4 Å². The number of benzene rings is 1. The van der Waals surface area contributed by atoms with Crippen molar-refractivity contribution in [2.75, 3.05) is 19.0 Å². The van der Waals surface area contributed by atoms with Crippen LogP contribution >= 0.6 is 0 Å². The molecule has 1 aromatic carbocycles. The third-order valence-electron chi connectivity index (χ3n) is 5.60. The van der Waals surface area contributed by atoms with E-state index < -0.39 is 0 Å². The highest BCUT2D eigenvalue weighted by Crippen LogP contribution is 2.32. The van der Waals surface area contributed by atoms with Gasteiger partial charge >= 0.3 is 0 Å². The number of pyridine rings is 1. The summed E-state index contributed by atoms with van der Waals surface area (Å²) in [7, 11) is 1.60. The minimum Gasteiger partial charge on any atom is -0.497 e. The molecule has 4 rings (SSSR count). The predicted octanol–water partition coefficient (Wildman–Crippen LogP) is 3.61. The Morgan fingerprint density at radius 2 is 1.86 bits per heavy atom. The number of hydrogen-bond donors (Lipinski definition) is 1. The first-order valence-corrected chi connectivity index (χ1v) is 10.0. The molecule has 152 valence electrons. The van der Waals surface area contributed by atoms with Crippen LogP contribution in [0.2, 0.25) is 0 Å². The molecule has 7 heteroatoms. The van der Waals surface area contributed by atoms with E-state index in [1.807, 2.05) is 4.90 Å². The Kier molecular flexibility index (Phi) is 5.64. The average Bonchev–Trinajstić information content (AvgIpc) is 3.39. The fourth-order valence-electron chi connectivity index (χ4n) is 4.03. The van der Waals surface area contributed by atoms with Crippen LogP contribution < -0.4 is 14.8 Å². The molecule has 1 saturated carbocycles. The molecule has 1 unspecified atom stereocenters. The number of ether oxygens (including phenoxy) is 2. The van der Waals surface area contributed by atoms with Crippen LogP contribution in [0.3, 0.4) is 0 Å². The van der Waals surface area contributed by atoms with Crippen molar-refractivity contribution in [2.24, 2.45) is 5.92 Å². The highest BCUT2D eigenvalue weighted by atomic mass is 16.5. The van der Waals surface area contributed by atoms with Gasteiger partial charge in [-0.1, -0.05) is 12.8 Å². The molecular weight excluding hydrogens is 370 g/mol. The van der Waals surface area contributed by atoms with E-state index in [4.69, 9.17) is 9.47 Å². The molecule has 2 heterocycles. The fraction of sp³-hybridized carbons (Fsp3) is 0.409. The molecule has 1 N–H and O–H groups in total. The number of aromatic nitrogens is 1. The van der Waals surface area contributed by atoms with Crippen LogP contribution in [0.25, 0.3) is 0 Å². The van der Waals surface area contributed by atoms with Gasteiger partial charge in [0, 0.05) is 25.2 Å². The summed E-state index contributed by atoms with van der Waals surface area (Å²) >= 11 is 0.